The van der Waals surface area contributed by atoms with E-state index in [-0.39, 0.29) is 6.10 Å². The molecule has 0 aromatic rings. The van der Waals surface area contributed by atoms with Crippen molar-refractivity contribution in [2.45, 2.75) is 83.8 Å². The molecular weight excluding hydrogens is 308 g/mol. The molecule has 144 valence electrons. The van der Waals surface area contributed by atoms with Crippen LogP contribution in [0.4, 0.5) is 0 Å². The van der Waals surface area contributed by atoms with Crippen molar-refractivity contribution in [3.8, 4) is 0 Å². The highest BCUT2D eigenvalue weighted by Gasteiger charge is 2.60. The lowest BCUT2D eigenvalue weighted by atomic mass is 9.45. The number of aliphatic hydroxyl groups is 1. The topological polar surface area (TPSA) is 49.5 Å². The normalized spacial score (nSPS) is 52.6. The van der Waals surface area contributed by atoms with Gasteiger partial charge in [-0.25, -0.2) is 0 Å². The van der Waals surface area contributed by atoms with E-state index in [1.165, 1.54) is 44.9 Å². The monoisotopic (exact) mass is 348 g/mol. The second-order valence-corrected chi connectivity index (χ2v) is 10.5. The second-order valence-electron chi connectivity index (χ2n) is 10.5. The largest absolute Gasteiger partial charge is 0.393 e. The maximum absolute atomic E-state index is 10.2. The van der Waals surface area contributed by atoms with Crippen molar-refractivity contribution >= 4 is 0 Å². The van der Waals surface area contributed by atoms with Gasteiger partial charge in [-0.2, -0.15) is 0 Å². The van der Waals surface area contributed by atoms with Gasteiger partial charge in [0.05, 0.1) is 6.10 Å². The average molecular weight is 349 g/mol. The molecule has 25 heavy (non-hydrogen) atoms. The average Bonchev–Trinajstić information content (AvgIpc) is 2.93. The second kappa shape index (κ2) is 6.49. The Bertz CT molecular complexity index is 496. The molecule has 0 heterocycles. The van der Waals surface area contributed by atoms with Crippen molar-refractivity contribution in [3.63, 3.8) is 0 Å². The summed E-state index contributed by atoms with van der Waals surface area (Å²) in [5.41, 5.74) is 6.86. The van der Waals surface area contributed by atoms with Crippen LogP contribution in [0, 0.1) is 34.5 Å². The van der Waals surface area contributed by atoms with Gasteiger partial charge in [-0.15, -0.1) is 0 Å². The third-order valence-corrected chi connectivity index (χ3v) is 9.60. The van der Waals surface area contributed by atoms with Crippen LogP contribution in [0.5, 0.6) is 0 Å². The van der Waals surface area contributed by atoms with Crippen LogP contribution in [0.25, 0.3) is 0 Å². The Hall–Kier alpha value is -0.120. The van der Waals surface area contributed by atoms with Crippen molar-refractivity contribution in [3.05, 3.63) is 0 Å². The minimum Gasteiger partial charge on any atom is -0.393 e. The van der Waals surface area contributed by atoms with Crippen molar-refractivity contribution in [1.29, 1.82) is 0 Å². The molecule has 3 N–H and O–H groups in total. The first kappa shape index (κ1) is 18.3. The molecule has 4 fully saturated rings. The number of fused-ring (bicyclic) bond motifs is 5. The van der Waals surface area contributed by atoms with E-state index in [4.69, 9.17) is 5.73 Å². The Morgan fingerprint density at radius 2 is 1.68 bits per heavy atom. The number of aliphatic hydroxyl groups excluding tert-OH is 1. The fourth-order valence-corrected chi connectivity index (χ4v) is 8.29. The Labute approximate surface area is 154 Å². The summed E-state index contributed by atoms with van der Waals surface area (Å²) in [7, 11) is 2.30. The summed E-state index contributed by atoms with van der Waals surface area (Å²) in [6.07, 6.45) is 11.8. The standard InChI is InChI=1S/C22H40N2O/c1-21-10-8-16(25)14-15(21)4-5-17-18-6-7-20(24(3)13-12-23)22(18,2)11-9-19(17)21/h15-20,25H,4-14,23H2,1-3H3/t15-,16+,17-,18+,19-,20-,21-,22-/m0/s1. The van der Waals surface area contributed by atoms with Crippen molar-refractivity contribution in [2.24, 2.45) is 40.2 Å². The Balaban J connectivity index is 1.56. The molecule has 0 amide bonds. The van der Waals surface area contributed by atoms with E-state index in [1.807, 2.05) is 0 Å². The van der Waals surface area contributed by atoms with E-state index in [1.54, 1.807) is 0 Å². The zero-order valence-electron chi connectivity index (χ0n) is 16.7. The van der Waals surface area contributed by atoms with Gasteiger partial charge in [0.1, 0.15) is 0 Å². The summed E-state index contributed by atoms with van der Waals surface area (Å²) in [4.78, 5) is 2.57. The van der Waals surface area contributed by atoms with E-state index in [9.17, 15) is 5.11 Å². The van der Waals surface area contributed by atoms with Crippen LogP contribution in [0.1, 0.15) is 71.6 Å². The molecule has 0 spiro atoms. The number of hydrogen-bond donors (Lipinski definition) is 2. The van der Waals surface area contributed by atoms with Crippen LogP contribution in [-0.4, -0.2) is 42.3 Å². The quantitative estimate of drug-likeness (QED) is 0.818. The molecule has 4 saturated carbocycles. The van der Waals surface area contributed by atoms with Crippen LogP contribution in [0.3, 0.4) is 0 Å². The third kappa shape index (κ3) is 2.72. The van der Waals surface area contributed by atoms with Gasteiger partial charge in [-0.3, -0.25) is 0 Å². The van der Waals surface area contributed by atoms with E-state index < -0.39 is 0 Å². The van der Waals surface area contributed by atoms with Crippen LogP contribution < -0.4 is 5.73 Å². The van der Waals surface area contributed by atoms with E-state index >= 15 is 0 Å². The van der Waals surface area contributed by atoms with E-state index in [0.717, 1.165) is 55.6 Å². The number of nitrogens with two attached hydrogens (primary N) is 1. The molecule has 0 aliphatic heterocycles. The molecule has 0 aromatic heterocycles. The molecule has 0 saturated heterocycles. The summed E-state index contributed by atoms with van der Waals surface area (Å²) in [6, 6.07) is 0.737. The first-order valence-electron chi connectivity index (χ1n) is 11.0. The fourth-order valence-electron chi connectivity index (χ4n) is 8.29. The lowest BCUT2D eigenvalue weighted by Gasteiger charge is -2.61. The summed E-state index contributed by atoms with van der Waals surface area (Å²) in [5.74, 6) is 3.54. The highest BCUT2D eigenvalue weighted by Crippen LogP contribution is 2.66. The summed E-state index contributed by atoms with van der Waals surface area (Å²) in [5, 5.41) is 10.2. The van der Waals surface area contributed by atoms with E-state index in [2.05, 4.69) is 25.8 Å². The van der Waals surface area contributed by atoms with Crippen LogP contribution in [0.15, 0.2) is 0 Å². The van der Waals surface area contributed by atoms with Gasteiger partial charge in [0.2, 0.25) is 0 Å². The lowest BCUT2D eigenvalue weighted by molar-refractivity contribution is -0.128. The Morgan fingerprint density at radius 3 is 2.44 bits per heavy atom. The molecule has 3 nitrogen and oxygen atoms in total. The molecule has 4 aliphatic carbocycles. The first-order valence-corrected chi connectivity index (χ1v) is 11.0. The molecule has 4 rings (SSSR count). The predicted octanol–water partition coefficient (Wildman–Crippen LogP) is 3.65. The van der Waals surface area contributed by atoms with Gasteiger partial charge < -0.3 is 15.7 Å². The fraction of sp³-hybridized carbons (Fsp3) is 1.00. The van der Waals surface area contributed by atoms with Gasteiger partial charge in [0, 0.05) is 19.1 Å². The molecule has 3 heteroatoms. The first-order chi connectivity index (χ1) is 11.9. The van der Waals surface area contributed by atoms with Gasteiger partial charge in [0.25, 0.3) is 0 Å². The van der Waals surface area contributed by atoms with E-state index in [0.29, 0.717) is 10.8 Å². The highest BCUT2D eigenvalue weighted by molar-refractivity contribution is 5.11. The molecule has 8 atom stereocenters. The number of rotatable bonds is 3. The number of likely N-dealkylation sites (N-methyl/N-ethyl adjacent to an activating group) is 1. The van der Waals surface area contributed by atoms with Gasteiger partial charge in [0.15, 0.2) is 0 Å². The maximum Gasteiger partial charge on any atom is 0.0543 e. The smallest absolute Gasteiger partial charge is 0.0543 e. The summed E-state index contributed by atoms with van der Waals surface area (Å²) in [6.45, 7) is 7.02. The lowest BCUT2D eigenvalue weighted by Crippen LogP contribution is -2.56. The number of hydrogen-bond acceptors (Lipinski definition) is 3. The predicted molar refractivity (Wildman–Crippen MR) is 103 cm³/mol. The molecule has 0 radical (unpaired) electrons. The Morgan fingerprint density at radius 1 is 0.960 bits per heavy atom. The summed E-state index contributed by atoms with van der Waals surface area (Å²) >= 11 is 0. The van der Waals surface area contributed by atoms with Crippen molar-refractivity contribution < 1.29 is 5.11 Å². The summed E-state index contributed by atoms with van der Waals surface area (Å²) < 4.78 is 0. The van der Waals surface area contributed by atoms with Gasteiger partial charge in [-0.05, 0) is 99.3 Å². The molecule has 0 aromatic carbocycles. The van der Waals surface area contributed by atoms with Crippen molar-refractivity contribution in [2.75, 3.05) is 20.1 Å². The van der Waals surface area contributed by atoms with Crippen molar-refractivity contribution in [1.82, 2.24) is 4.90 Å². The number of nitrogens with zero attached hydrogens (tertiary/aromatic N) is 1. The van der Waals surface area contributed by atoms with Gasteiger partial charge in [-0.1, -0.05) is 13.8 Å². The van der Waals surface area contributed by atoms with Crippen LogP contribution >= 0.6 is 0 Å². The zero-order valence-corrected chi connectivity index (χ0v) is 16.7. The maximum atomic E-state index is 10.2. The molecular formula is C22H40N2O. The Kier molecular flexibility index (Phi) is 4.74. The molecule has 0 unspecified atom stereocenters. The van der Waals surface area contributed by atoms with Crippen LogP contribution in [0.2, 0.25) is 0 Å². The SMILES string of the molecule is CN(CCN)[C@H]1CC[C@@H]2[C@@H]3CC[C@H]4C[C@H](O)CC[C@]4(C)[C@H]3CC[C@@]21C. The minimum atomic E-state index is -0.0238. The highest BCUT2D eigenvalue weighted by atomic mass is 16.3. The minimum absolute atomic E-state index is 0.0238. The van der Waals surface area contributed by atoms with Crippen LogP contribution in [-0.2, 0) is 0 Å². The third-order valence-electron chi connectivity index (χ3n) is 9.60. The zero-order chi connectivity index (χ0) is 17.8. The van der Waals surface area contributed by atoms with Gasteiger partial charge >= 0.3 is 0 Å². The molecule has 0 bridgehead atoms. The molecule has 4 aliphatic rings.